The van der Waals surface area contributed by atoms with Gasteiger partial charge in [0, 0.05) is 5.41 Å². The molecule has 0 amide bonds. The fraction of sp³-hybridized carbons (Fsp3) is 0.538. The summed E-state index contributed by atoms with van der Waals surface area (Å²) in [6, 6.07) is 5.27. The number of rotatable bonds is 4. The molecule has 1 aliphatic rings. The molecule has 2 nitrogen and oxygen atoms in total. The summed E-state index contributed by atoms with van der Waals surface area (Å²) in [6.07, 6.45) is 1.31. The van der Waals surface area contributed by atoms with Gasteiger partial charge >= 0.3 is 6.61 Å². The number of aliphatic hydroxyl groups excluding tert-OH is 1. The highest BCUT2D eigenvalue weighted by molar-refractivity contribution is 5.43. The van der Waals surface area contributed by atoms with Crippen LogP contribution in [0.3, 0.4) is 0 Å². The Labute approximate surface area is 99.2 Å². The zero-order chi connectivity index (χ0) is 12.6. The maximum absolute atomic E-state index is 12.2. The van der Waals surface area contributed by atoms with Gasteiger partial charge in [-0.3, -0.25) is 0 Å². The Hall–Kier alpha value is -1.16. The van der Waals surface area contributed by atoms with E-state index >= 15 is 0 Å². The van der Waals surface area contributed by atoms with E-state index in [1.54, 1.807) is 26.0 Å². The third kappa shape index (κ3) is 2.27. The molecule has 0 radical (unpaired) electrons. The summed E-state index contributed by atoms with van der Waals surface area (Å²) in [6.45, 7) is 0.648. The lowest BCUT2D eigenvalue weighted by atomic mass is 9.90. The first-order valence-corrected chi connectivity index (χ1v) is 5.70. The Balaban J connectivity index is 2.31. The maximum atomic E-state index is 12.2. The molecule has 2 rings (SSSR count). The van der Waals surface area contributed by atoms with E-state index in [4.69, 9.17) is 0 Å². The molecule has 17 heavy (non-hydrogen) atoms. The van der Waals surface area contributed by atoms with Crippen LogP contribution in [0.2, 0.25) is 0 Å². The van der Waals surface area contributed by atoms with Crippen molar-refractivity contribution in [3.63, 3.8) is 0 Å². The molecule has 0 aliphatic heterocycles. The van der Waals surface area contributed by atoms with Gasteiger partial charge in [-0.05, 0) is 43.9 Å². The minimum Gasteiger partial charge on any atom is -0.435 e. The van der Waals surface area contributed by atoms with Gasteiger partial charge in [-0.25, -0.2) is 0 Å². The molecular weight excluding hydrogens is 226 g/mol. The van der Waals surface area contributed by atoms with Crippen molar-refractivity contribution < 1.29 is 18.6 Å². The average Bonchev–Trinajstić information content (AvgIpc) is 3.01. The van der Waals surface area contributed by atoms with Gasteiger partial charge in [0.15, 0.2) is 0 Å². The van der Waals surface area contributed by atoms with E-state index in [0.717, 1.165) is 18.4 Å². The van der Waals surface area contributed by atoms with Crippen molar-refractivity contribution >= 4 is 0 Å². The smallest absolute Gasteiger partial charge is 0.387 e. The molecule has 94 valence electrons. The molecule has 1 aromatic carbocycles. The molecule has 1 aliphatic carbocycles. The number of benzene rings is 1. The zero-order valence-electron chi connectivity index (χ0n) is 9.91. The second-order valence-electron chi connectivity index (χ2n) is 4.69. The van der Waals surface area contributed by atoms with Gasteiger partial charge in [-0.15, -0.1) is 0 Å². The second-order valence-corrected chi connectivity index (χ2v) is 4.69. The highest BCUT2D eigenvalue weighted by atomic mass is 19.3. The Morgan fingerprint density at radius 1 is 1.35 bits per heavy atom. The van der Waals surface area contributed by atoms with Crippen LogP contribution in [-0.2, 0) is 5.41 Å². The Bertz CT molecular complexity index is 412. The first-order chi connectivity index (χ1) is 7.95. The van der Waals surface area contributed by atoms with Crippen molar-refractivity contribution in [2.24, 2.45) is 0 Å². The van der Waals surface area contributed by atoms with Gasteiger partial charge in [0.25, 0.3) is 0 Å². The Morgan fingerprint density at radius 3 is 2.47 bits per heavy atom. The molecule has 0 bridgehead atoms. The first-order valence-electron chi connectivity index (χ1n) is 5.70. The minimum atomic E-state index is -2.81. The van der Waals surface area contributed by atoms with E-state index in [9.17, 15) is 13.9 Å². The van der Waals surface area contributed by atoms with Crippen LogP contribution in [0, 0.1) is 6.92 Å². The summed E-state index contributed by atoms with van der Waals surface area (Å²) in [7, 11) is 0. The minimum absolute atomic E-state index is 0.199. The molecule has 4 heteroatoms. The van der Waals surface area contributed by atoms with Crippen molar-refractivity contribution in [2.45, 2.75) is 44.8 Å². The lowest BCUT2D eigenvalue weighted by molar-refractivity contribution is -0.0503. The highest BCUT2D eigenvalue weighted by Gasteiger charge is 2.48. The molecule has 1 aromatic rings. The summed E-state index contributed by atoms with van der Waals surface area (Å²) in [5.41, 5.74) is 1.30. The number of aliphatic hydroxyl groups is 1. The lowest BCUT2D eigenvalue weighted by Gasteiger charge is -2.20. The average molecular weight is 242 g/mol. The fourth-order valence-corrected chi connectivity index (χ4v) is 2.22. The van der Waals surface area contributed by atoms with Crippen LogP contribution in [0.25, 0.3) is 0 Å². The van der Waals surface area contributed by atoms with Crippen LogP contribution in [0.5, 0.6) is 5.75 Å². The van der Waals surface area contributed by atoms with E-state index in [-0.39, 0.29) is 11.2 Å². The molecule has 0 saturated heterocycles. The molecule has 1 saturated carbocycles. The van der Waals surface area contributed by atoms with E-state index in [1.165, 1.54) is 0 Å². The summed E-state index contributed by atoms with van der Waals surface area (Å²) in [5, 5.41) is 9.75. The zero-order valence-corrected chi connectivity index (χ0v) is 9.91. The molecule has 1 atom stereocenters. The van der Waals surface area contributed by atoms with Crippen molar-refractivity contribution in [1.29, 1.82) is 0 Å². The van der Waals surface area contributed by atoms with E-state index in [1.807, 2.05) is 6.07 Å². The molecule has 0 aromatic heterocycles. The first kappa shape index (κ1) is 12.3. The SMILES string of the molecule is Cc1ccc(C2(C(C)O)CC2)cc1OC(F)F. The van der Waals surface area contributed by atoms with Crippen LogP contribution in [0.4, 0.5) is 8.78 Å². The second kappa shape index (κ2) is 4.26. The predicted molar refractivity (Wildman–Crippen MR) is 60.4 cm³/mol. The van der Waals surface area contributed by atoms with Gasteiger partial charge in [0.2, 0.25) is 0 Å². The van der Waals surface area contributed by atoms with Gasteiger partial charge in [0.1, 0.15) is 5.75 Å². The molecule has 0 spiro atoms. The summed E-state index contributed by atoms with van der Waals surface area (Å²) in [5.74, 6) is 0.199. The van der Waals surface area contributed by atoms with Crippen LogP contribution in [-0.4, -0.2) is 17.8 Å². The molecule has 1 fully saturated rings. The van der Waals surface area contributed by atoms with Crippen molar-refractivity contribution in [2.75, 3.05) is 0 Å². The van der Waals surface area contributed by atoms with Crippen LogP contribution < -0.4 is 4.74 Å². The topological polar surface area (TPSA) is 29.5 Å². The quantitative estimate of drug-likeness (QED) is 0.879. The van der Waals surface area contributed by atoms with Crippen LogP contribution in [0.1, 0.15) is 30.9 Å². The number of hydrogen-bond acceptors (Lipinski definition) is 2. The van der Waals surface area contributed by atoms with E-state index < -0.39 is 12.7 Å². The lowest BCUT2D eigenvalue weighted by Crippen LogP contribution is -2.22. The Morgan fingerprint density at radius 2 is 2.00 bits per heavy atom. The summed E-state index contributed by atoms with van der Waals surface area (Å²) in [4.78, 5) is 0. The fourth-order valence-electron chi connectivity index (χ4n) is 2.22. The monoisotopic (exact) mass is 242 g/mol. The van der Waals surface area contributed by atoms with E-state index in [2.05, 4.69) is 4.74 Å². The van der Waals surface area contributed by atoms with E-state index in [0.29, 0.717) is 5.56 Å². The predicted octanol–water partition coefficient (Wildman–Crippen LogP) is 3.01. The number of halogens is 2. The molecule has 1 N–H and O–H groups in total. The molecule has 0 heterocycles. The van der Waals surface area contributed by atoms with Gasteiger partial charge in [0.05, 0.1) is 6.10 Å². The molecule has 1 unspecified atom stereocenters. The molecular formula is C13H16F2O2. The largest absolute Gasteiger partial charge is 0.435 e. The van der Waals surface area contributed by atoms with Crippen molar-refractivity contribution in [3.05, 3.63) is 29.3 Å². The number of hydrogen-bond donors (Lipinski definition) is 1. The van der Waals surface area contributed by atoms with Crippen molar-refractivity contribution in [3.8, 4) is 5.75 Å². The normalized spacial score (nSPS) is 19.2. The van der Waals surface area contributed by atoms with Crippen LogP contribution in [0.15, 0.2) is 18.2 Å². The number of alkyl halides is 2. The Kier molecular flexibility index (Phi) is 3.08. The van der Waals surface area contributed by atoms with Gasteiger partial charge in [-0.1, -0.05) is 12.1 Å². The van der Waals surface area contributed by atoms with Crippen molar-refractivity contribution in [1.82, 2.24) is 0 Å². The highest BCUT2D eigenvalue weighted by Crippen LogP contribution is 2.51. The maximum Gasteiger partial charge on any atom is 0.387 e. The van der Waals surface area contributed by atoms with Gasteiger partial charge < -0.3 is 9.84 Å². The number of ether oxygens (including phenoxy) is 1. The van der Waals surface area contributed by atoms with Crippen LogP contribution >= 0.6 is 0 Å². The third-order valence-corrected chi connectivity index (χ3v) is 3.57. The number of aryl methyl sites for hydroxylation is 1. The third-order valence-electron chi connectivity index (χ3n) is 3.57. The summed E-state index contributed by atoms with van der Waals surface area (Å²) < 4.78 is 28.9. The standard InChI is InChI=1S/C13H16F2O2/c1-8-3-4-10(7-11(8)17-12(14)15)13(5-6-13)9(2)16/h3-4,7,9,12,16H,5-6H2,1-2H3. The summed E-state index contributed by atoms with van der Waals surface area (Å²) >= 11 is 0. The van der Waals surface area contributed by atoms with Gasteiger partial charge in [-0.2, -0.15) is 8.78 Å².